The molecule has 0 fully saturated rings. The van der Waals surface area contributed by atoms with Gasteiger partial charge in [0.05, 0.1) is 37.4 Å². The van der Waals surface area contributed by atoms with Crippen LogP contribution in [0.1, 0.15) is 6.42 Å². The van der Waals surface area contributed by atoms with Crippen LogP contribution in [-0.2, 0) is 19.5 Å². The van der Waals surface area contributed by atoms with E-state index in [9.17, 15) is 28.8 Å². The standard InChI is InChI=1S/C24H36N12O10S2/c37-9-4-18(15-40)29-22-31-19(26-6-13-48(42,43)44)30-21(33-22)27-16-2-1-3-17(14-16)28-23-32-20(25-5-12-47-46-45-41)34-24(35-23)36(7-10-38)8-11-39/h1-3,5,14,18,37-41H,4,6-13,15H2,(H,42,43,44)(H,28,32,34,35)(H3,26,27,29,30,31,33)/b25-5-. The number of aromatic nitrogens is 6. The molecule has 0 aliphatic carbocycles. The van der Waals surface area contributed by atoms with Crippen molar-refractivity contribution >= 4 is 75.4 Å². The monoisotopic (exact) mass is 716 g/mol. The number of aliphatic hydroxyl groups is 4. The molecule has 2 aromatic heterocycles. The maximum absolute atomic E-state index is 11.1. The molecule has 48 heavy (non-hydrogen) atoms. The lowest BCUT2D eigenvalue weighted by atomic mass is 10.2. The predicted molar refractivity (Wildman–Crippen MR) is 176 cm³/mol. The number of nitrogens with zero attached hydrogens (tertiary/aromatic N) is 8. The second kappa shape index (κ2) is 20.3. The minimum atomic E-state index is -4.25. The molecular formula is C24H36N12O10S2. The summed E-state index contributed by atoms with van der Waals surface area (Å²) in [6.07, 6.45) is 1.59. The Hall–Kier alpha value is -4.11. The molecule has 0 saturated heterocycles. The van der Waals surface area contributed by atoms with Crippen molar-refractivity contribution in [1.82, 2.24) is 29.9 Å². The number of benzene rings is 1. The molecule has 1 atom stereocenters. The smallest absolute Gasteiger partial charge is 0.266 e. The molecule has 3 rings (SSSR count). The molecule has 22 nitrogen and oxygen atoms in total. The summed E-state index contributed by atoms with van der Waals surface area (Å²) >= 11 is 0.751. The third kappa shape index (κ3) is 13.9. The quantitative estimate of drug-likeness (QED) is 0.0148. The van der Waals surface area contributed by atoms with Crippen molar-refractivity contribution in [2.75, 3.05) is 83.7 Å². The average molecular weight is 717 g/mol. The van der Waals surface area contributed by atoms with Gasteiger partial charge in [0.1, 0.15) is 0 Å². The van der Waals surface area contributed by atoms with Gasteiger partial charge >= 0.3 is 0 Å². The van der Waals surface area contributed by atoms with Gasteiger partial charge < -0.3 is 46.6 Å². The van der Waals surface area contributed by atoms with Crippen molar-refractivity contribution in [2.24, 2.45) is 4.99 Å². The Labute approximate surface area is 278 Å². The fourth-order valence-electron chi connectivity index (χ4n) is 3.71. The lowest BCUT2D eigenvalue weighted by Gasteiger charge is -2.21. The van der Waals surface area contributed by atoms with E-state index in [1.54, 1.807) is 24.3 Å². The zero-order valence-electron chi connectivity index (χ0n) is 25.2. The van der Waals surface area contributed by atoms with Crippen molar-refractivity contribution in [2.45, 2.75) is 12.5 Å². The molecule has 0 aliphatic rings. The second-order valence-electron chi connectivity index (χ2n) is 9.32. The first-order chi connectivity index (χ1) is 23.2. The van der Waals surface area contributed by atoms with Crippen LogP contribution in [0.3, 0.4) is 0 Å². The molecule has 10 N–H and O–H groups in total. The normalized spacial score (nSPS) is 12.2. The molecule has 0 spiro atoms. The van der Waals surface area contributed by atoms with E-state index in [1.807, 2.05) is 0 Å². The van der Waals surface area contributed by atoms with E-state index in [0.29, 0.717) is 11.4 Å². The number of hydrogen-bond donors (Lipinski definition) is 10. The average Bonchev–Trinajstić information content (AvgIpc) is 3.04. The van der Waals surface area contributed by atoms with E-state index in [4.69, 9.17) is 9.81 Å². The Kier molecular flexibility index (Phi) is 16.2. The van der Waals surface area contributed by atoms with Gasteiger partial charge in [-0.1, -0.05) is 11.1 Å². The van der Waals surface area contributed by atoms with Crippen LogP contribution in [0.2, 0.25) is 0 Å². The molecule has 1 unspecified atom stereocenters. The summed E-state index contributed by atoms with van der Waals surface area (Å²) in [6.45, 7) is -0.965. The fourth-order valence-corrected chi connectivity index (χ4v) is 4.30. The topological polar surface area (TPSA) is 315 Å². The predicted octanol–water partition coefficient (Wildman–Crippen LogP) is -0.439. The van der Waals surface area contributed by atoms with Crippen molar-refractivity contribution in [1.29, 1.82) is 0 Å². The fraction of sp³-hybridized carbons (Fsp3) is 0.458. The molecule has 0 radical (unpaired) electrons. The molecule has 0 bridgehead atoms. The number of anilines is 7. The molecule has 0 aliphatic heterocycles. The molecular weight excluding hydrogens is 680 g/mol. The first-order valence-corrected chi connectivity index (χ1v) is 16.6. The molecule has 3 aromatic rings. The highest BCUT2D eigenvalue weighted by Crippen LogP contribution is 2.24. The highest BCUT2D eigenvalue weighted by molar-refractivity contribution is 7.95. The third-order valence-electron chi connectivity index (χ3n) is 5.75. The Morgan fingerprint density at radius 3 is 2.21 bits per heavy atom. The zero-order chi connectivity index (χ0) is 34.8. The summed E-state index contributed by atoms with van der Waals surface area (Å²) in [6, 6.07) is 6.19. The van der Waals surface area contributed by atoms with Crippen molar-refractivity contribution in [3.63, 3.8) is 0 Å². The van der Waals surface area contributed by atoms with E-state index in [1.165, 1.54) is 11.1 Å². The Balaban J connectivity index is 1.88. The number of nitrogens with one attached hydrogen (secondary N) is 4. The van der Waals surface area contributed by atoms with E-state index in [-0.39, 0.29) is 93.9 Å². The van der Waals surface area contributed by atoms with Crippen LogP contribution in [0.4, 0.5) is 47.1 Å². The number of hydrogen-bond acceptors (Lipinski definition) is 22. The Morgan fingerprint density at radius 2 is 1.58 bits per heavy atom. The van der Waals surface area contributed by atoms with Gasteiger partial charge in [0.25, 0.3) is 16.1 Å². The Bertz CT molecular complexity index is 1550. The summed E-state index contributed by atoms with van der Waals surface area (Å²) < 4.78 is 35.7. The van der Waals surface area contributed by atoms with E-state index < -0.39 is 21.9 Å². The van der Waals surface area contributed by atoms with Gasteiger partial charge in [-0.2, -0.15) is 38.3 Å². The first-order valence-electron chi connectivity index (χ1n) is 14.1. The van der Waals surface area contributed by atoms with Crippen LogP contribution in [0, 0.1) is 0 Å². The minimum Gasteiger partial charge on any atom is -0.396 e. The molecule has 2 heterocycles. The summed E-state index contributed by atoms with van der Waals surface area (Å²) in [4.78, 5) is 31.4. The van der Waals surface area contributed by atoms with Crippen LogP contribution in [0.5, 0.6) is 0 Å². The van der Waals surface area contributed by atoms with Gasteiger partial charge in [-0.05, 0) is 24.6 Å². The van der Waals surface area contributed by atoms with Crippen LogP contribution < -0.4 is 26.2 Å². The SMILES string of the molecule is O=S(=O)(O)CCNc1nc(Nc2cccc(Nc3nc(/N=C\CSOOO)nc(N(CCO)CCO)n3)c2)nc(NC(CO)CCO)n1. The maximum Gasteiger partial charge on any atom is 0.266 e. The second-order valence-corrected chi connectivity index (χ2v) is 11.6. The lowest BCUT2D eigenvalue weighted by molar-refractivity contribution is -0.432. The van der Waals surface area contributed by atoms with Gasteiger partial charge in [-0.15, -0.1) is 4.33 Å². The molecule has 264 valence electrons. The van der Waals surface area contributed by atoms with Crippen molar-refractivity contribution in [3.8, 4) is 0 Å². The summed E-state index contributed by atoms with van der Waals surface area (Å²) in [7, 11) is -4.25. The molecule has 0 amide bonds. The zero-order valence-corrected chi connectivity index (χ0v) is 26.9. The highest BCUT2D eigenvalue weighted by atomic mass is 32.2. The lowest BCUT2D eigenvalue weighted by Crippen LogP contribution is -2.31. The van der Waals surface area contributed by atoms with Gasteiger partial charge in [0, 0.05) is 55.9 Å². The summed E-state index contributed by atoms with van der Waals surface area (Å²) in [5.74, 6) is -0.242. The van der Waals surface area contributed by atoms with Gasteiger partial charge in [0.15, 0.2) is 0 Å². The first kappa shape index (κ1) is 38.3. The third-order valence-corrected chi connectivity index (χ3v) is 6.91. The number of aliphatic imine (C=N–C) groups is 1. The van der Waals surface area contributed by atoms with E-state index >= 15 is 0 Å². The summed E-state index contributed by atoms with van der Waals surface area (Å²) in [5.41, 5.74) is 0.974. The van der Waals surface area contributed by atoms with Gasteiger partial charge in [-0.3, -0.25) is 4.55 Å². The van der Waals surface area contributed by atoms with Gasteiger partial charge in [-0.25, -0.2) is 10.2 Å². The van der Waals surface area contributed by atoms with Crippen molar-refractivity contribution < 1.29 is 48.0 Å². The number of rotatable bonds is 23. The van der Waals surface area contributed by atoms with E-state index in [2.05, 4.69) is 65.5 Å². The van der Waals surface area contributed by atoms with Gasteiger partial charge in [0.2, 0.25) is 29.7 Å². The van der Waals surface area contributed by atoms with Crippen LogP contribution >= 0.6 is 12.0 Å². The Morgan fingerprint density at radius 1 is 0.917 bits per heavy atom. The highest BCUT2D eigenvalue weighted by Gasteiger charge is 2.15. The molecule has 1 aromatic carbocycles. The minimum absolute atomic E-state index is 0.00944. The van der Waals surface area contributed by atoms with Crippen LogP contribution in [-0.4, -0.2) is 138 Å². The summed E-state index contributed by atoms with van der Waals surface area (Å²) in [5, 5.41) is 61.3. The molecule has 24 heteroatoms. The largest absolute Gasteiger partial charge is 0.396 e. The van der Waals surface area contributed by atoms with E-state index in [0.717, 1.165) is 12.0 Å². The molecule has 0 saturated carbocycles. The maximum atomic E-state index is 11.1. The van der Waals surface area contributed by atoms with Crippen LogP contribution in [0.25, 0.3) is 0 Å². The van der Waals surface area contributed by atoms with Crippen molar-refractivity contribution in [3.05, 3.63) is 24.3 Å². The number of aliphatic hydroxyl groups excluding tert-OH is 4. The van der Waals surface area contributed by atoms with Crippen LogP contribution in [0.15, 0.2) is 29.3 Å².